The van der Waals surface area contributed by atoms with E-state index in [1.165, 1.54) is 6.92 Å². The van der Waals surface area contributed by atoms with Gasteiger partial charge in [-0.3, -0.25) is 4.79 Å². The fourth-order valence-electron chi connectivity index (χ4n) is 1.74. The van der Waals surface area contributed by atoms with Crippen molar-refractivity contribution in [1.29, 1.82) is 0 Å². The molecule has 0 aliphatic carbocycles. The summed E-state index contributed by atoms with van der Waals surface area (Å²) in [5.41, 5.74) is 1.38. The highest BCUT2D eigenvalue weighted by Gasteiger charge is 2.20. The number of fused-ring (bicyclic) bond motifs is 1. The second-order valence-electron chi connectivity index (χ2n) is 3.99. The number of aliphatic carboxylic acids is 1. The number of hydrogen-bond acceptors (Lipinski definition) is 3. The van der Waals surface area contributed by atoms with E-state index in [0.29, 0.717) is 5.69 Å². The highest BCUT2D eigenvalue weighted by atomic mass is 16.4. The van der Waals surface area contributed by atoms with Crippen molar-refractivity contribution in [3.05, 3.63) is 36.3 Å². The number of hydrogen-bond donors (Lipinski definition) is 2. The smallest absolute Gasteiger partial charge is 0.326 e. The number of rotatable bonds is 4. The Morgan fingerprint density at radius 2 is 2.28 bits per heavy atom. The van der Waals surface area contributed by atoms with Crippen LogP contribution in [0, 0.1) is 0 Å². The van der Waals surface area contributed by atoms with E-state index in [4.69, 9.17) is 5.11 Å². The number of carboxylic acids is 1. The van der Waals surface area contributed by atoms with Crippen molar-refractivity contribution < 1.29 is 14.7 Å². The van der Waals surface area contributed by atoms with Gasteiger partial charge >= 0.3 is 5.97 Å². The third kappa shape index (κ3) is 2.65. The third-order valence-electron chi connectivity index (χ3n) is 2.50. The number of pyridine rings is 1. The number of carbonyl (C=O) groups is 2. The third-order valence-corrected chi connectivity index (χ3v) is 2.50. The fourth-order valence-corrected chi connectivity index (χ4v) is 1.74. The monoisotopic (exact) mass is 247 g/mol. The minimum absolute atomic E-state index is 0.163. The van der Waals surface area contributed by atoms with Crippen LogP contribution in [-0.4, -0.2) is 32.4 Å². The van der Waals surface area contributed by atoms with Gasteiger partial charge in [-0.05, 0) is 12.1 Å². The minimum Gasteiger partial charge on any atom is -0.480 e. The molecule has 2 aromatic heterocycles. The summed E-state index contributed by atoms with van der Waals surface area (Å²) < 4.78 is 1.81. The highest BCUT2D eigenvalue weighted by Crippen LogP contribution is 2.07. The SMILES string of the molecule is CC(=O)NC(Cc1cn2ccccc2n1)C(=O)O. The van der Waals surface area contributed by atoms with Gasteiger partial charge in [0.25, 0.3) is 0 Å². The summed E-state index contributed by atoms with van der Waals surface area (Å²) in [5, 5.41) is 11.4. The molecule has 94 valence electrons. The Kier molecular flexibility index (Phi) is 3.27. The highest BCUT2D eigenvalue weighted by molar-refractivity contribution is 5.82. The zero-order valence-electron chi connectivity index (χ0n) is 9.83. The molecular weight excluding hydrogens is 234 g/mol. The molecule has 1 unspecified atom stereocenters. The van der Waals surface area contributed by atoms with E-state index in [-0.39, 0.29) is 12.3 Å². The number of nitrogens with zero attached hydrogens (tertiary/aromatic N) is 2. The van der Waals surface area contributed by atoms with Crippen molar-refractivity contribution in [3.8, 4) is 0 Å². The van der Waals surface area contributed by atoms with Crippen LogP contribution < -0.4 is 5.32 Å². The second kappa shape index (κ2) is 4.87. The molecule has 1 atom stereocenters. The Labute approximate surface area is 103 Å². The standard InChI is InChI=1S/C12H13N3O3/c1-8(16)13-10(12(17)18)6-9-7-15-5-3-2-4-11(15)14-9/h2-5,7,10H,6H2,1H3,(H,13,16)(H,17,18). The Bertz CT molecular complexity index is 558. The molecule has 0 saturated carbocycles. The molecule has 1 amide bonds. The summed E-state index contributed by atoms with van der Waals surface area (Å²) in [4.78, 5) is 26.2. The molecule has 2 N–H and O–H groups in total. The lowest BCUT2D eigenvalue weighted by atomic mass is 10.1. The largest absolute Gasteiger partial charge is 0.480 e. The molecule has 18 heavy (non-hydrogen) atoms. The van der Waals surface area contributed by atoms with E-state index in [2.05, 4.69) is 10.3 Å². The van der Waals surface area contributed by atoms with Crippen molar-refractivity contribution in [1.82, 2.24) is 14.7 Å². The van der Waals surface area contributed by atoms with Crippen LogP contribution in [0.2, 0.25) is 0 Å². The molecule has 2 aromatic rings. The first-order chi connectivity index (χ1) is 8.56. The summed E-state index contributed by atoms with van der Waals surface area (Å²) in [7, 11) is 0. The molecule has 0 saturated heterocycles. The summed E-state index contributed by atoms with van der Waals surface area (Å²) in [6.07, 6.45) is 3.75. The van der Waals surface area contributed by atoms with Crippen molar-refractivity contribution in [2.45, 2.75) is 19.4 Å². The minimum atomic E-state index is -1.07. The van der Waals surface area contributed by atoms with E-state index < -0.39 is 12.0 Å². The summed E-state index contributed by atoms with van der Waals surface area (Å²) >= 11 is 0. The maximum Gasteiger partial charge on any atom is 0.326 e. The van der Waals surface area contributed by atoms with Gasteiger partial charge in [-0.1, -0.05) is 6.07 Å². The Balaban J connectivity index is 2.20. The van der Waals surface area contributed by atoms with E-state index in [0.717, 1.165) is 5.65 Å². The lowest BCUT2D eigenvalue weighted by Crippen LogP contribution is -2.41. The van der Waals surface area contributed by atoms with Crippen molar-refractivity contribution in [2.24, 2.45) is 0 Å². The van der Waals surface area contributed by atoms with Crippen LogP contribution >= 0.6 is 0 Å². The van der Waals surface area contributed by atoms with Crippen LogP contribution in [0.15, 0.2) is 30.6 Å². The van der Waals surface area contributed by atoms with Crippen LogP contribution in [0.4, 0.5) is 0 Å². The number of aromatic nitrogens is 2. The molecule has 0 aliphatic rings. The number of imidazole rings is 1. The first-order valence-electron chi connectivity index (χ1n) is 5.49. The zero-order valence-corrected chi connectivity index (χ0v) is 9.83. The van der Waals surface area contributed by atoms with E-state index >= 15 is 0 Å². The molecule has 0 spiro atoms. The van der Waals surface area contributed by atoms with Crippen LogP contribution in [0.1, 0.15) is 12.6 Å². The molecule has 6 nitrogen and oxygen atoms in total. The second-order valence-corrected chi connectivity index (χ2v) is 3.99. The van der Waals surface area contributed by atoms with Gasteiger partial charge in [0.1, 0.15) is 11.7 Å². The van der Waals surface area contributed by atoms with Crippen LogP contribution in [-0.2, 0) is 16.0 Å². The topological polar surface area (TPSA) is 83.7 Å². The zero-order chi connectivity index (χ0) is 13.1. The van der Waals surface area contributed by atoms with Crippen molar-refractivity contribution in [2.75, 3.05) is 0 Å². The van der Waals surface area contributed by atoms with Gasteiger partial charge in [0, 0.05) is 25.7 Å². The number of carbonyl (C=O) groups excluding carboxylic acids is 1. The molecule has 0 radical (unpaired) electrons. The van der Waals surface area contributed by atoms with Gasteiger partial charge in [0.2, 0.25) is 5.91 Å². The van der Waals surface area contributed by atoms with Crippen molar-refractivity contribution >= 4 is 17.5 Å². The Hall–Kier alpha value is -2.37. The van der Waals surface area contributed by atoms with Gasteiger partial charge in [-0.25, -0.2) is 9.78 Å². The number of nitrogens with one attached hydrogen (secondary N) is 1. The summed E-state index contributed by atoms with van der Waals surface area (Å²) in [5.74, 6) is -1.44. The molecule has 0 fully saturated rings. The normalized spacial score (nSPS) is 12.3. The maximum absolute atomic E-state index is 11.0. The first-order valence-corrected chi connectivity index (χ1v) is 5.49. The Morgan fingerprint density at radius 3 is 2.89 bits per heavy atom. The molecule has 0 aliphatic heterocycles. The Morgan fingerprint density at radius 1 is 1.50 bits per heavy atom. The van der Waals surface area contributed by atoms with Gasteiger partial charge in [0.05, 0.1) is 5.69 Å². The van der Waals surface area contributed by atoms with Crippen LogP contribution in [0.3, 0.4) is 0 Å². The first kappa shape index (κ1) is 12.1. The van der Waals surface area contributed by atoms with Crippen molar-refractivity contribution in [3.63, 3.8) is 0 Å². The van der Waals surface area contributed by atoms with E-state index in [1.54, 1.807) is 6.20 Å². The van der Waals surface area contributed by atoms with Gasteiger partial charge in [-0.2, -0.15) is 0 Å². The molecular formula is C12H13N3O3. The lowest BCUT2D eigenvalue weighted by molar-refractivity contribution is -0.141. The molecule has 0 aromatic carbocycles. The summed E-state index contributed by atoms with van der Waals surface area (Å²) in [6, 6.07) is 4.60. The van der Waals surface area contributed by atoms with E-state index in [9.17, 15) is 9.59 Å². The maximum atomic E-state index is 11.0. The van der Waals surface area contributed by atoms with Gasteiger partial charge in [0.15, 0.2) is 0 Å². The van der Waals surface area contributed by atoms with Crippen LogP contribution in [0.25, 0.3) is 5.65 Å². The number of carboxylic acid groups (broad SMARTS) is 1. The predicted molar refractivity (Wildman–Crippen MR) is 64.1 cm³/mol. The predicted octanol–water partition coefficient (Wildman–Crippen LogP) is 0.466. The fraction of sp³-hybridized carbons (Fsp3) is 0.250. The summed E-state index contributed by atoms with van der Waals surface area (Å²) in [6.45, 7) is 1.29. The molecule has 6 heteroatoms. The molecule has 2 heterocycles. The average Bonchev–Trinajstić information content (AvgIpc) is 2.69. The van der Waals surface area contributed by atoms with Gasteiger partial charge in [-0.15, -0.1) is 0 Å². The van der Waals surface area contributed by atoms with E-state index in [1.807, 2.05) is 28.8 Å². The van der Waals surface area contributed by atoms with Crippen LogP contribution in [0.5, 0.6) is 0 Å². The lowest BCUT2D eigenvalue weighted by Gasteiger charge is -2.11. The molecule has 2 rings (SSSR count). The van der Waals surface area contributed by atoms with Gasteiger partial charge < -0.3 is 14.8 Å². The number of amides is 1. The quantitative estimate of drug-likeness (QED) is 0.822. The average molecular weight is 247 g/mol. The molecule has 0 bridgehead atoms.